The van der Waals surface area contributed by atoms with Crippen LogP contribution in [0.25, 0.3) is 0 Å². The van der Waals surface area contributed by atoms with E-state index in [1.165, 1.54) is 0 Å². The summed E-state index contributed by atoms with van der Waals surface area (Å²) < 4.78 is 0. The summed E-state index contributed by atoms with van der Waals surface area (Å²) in [6.07, 6.45) is 0. The summed E-state index contributed by atoms with van der Waals surface area (Å²) in [7, 11) is 0. The van der Waals surface area contributed by atoms with Crippen LogP contribution in [0.2, 0.25) is 0 Å². The van der Waals surface area contributed by atoms with Crippen LogP contribution >= 0.6 is 5.96 Å². The van der Waals surface area contributed by atoms with Gasteiger partial charge in [0.2, 0.25) is 0 Å². The van der Waals surface area contributed by atoms with Crippen LogP contribution in [0.15, 0.2) is 0 Å². The van der Waals surface area contributed by atoms with Gasteiger partial charge in [0.1, 0.15) is 0 Å². The molecule has 0 aromatic heterocycles. The van der Waals surface area contributed by atoms with Gasteiger partial charge in [-0.2, -0.15) is 0 Å². The van der Waals surface area contributed by atoms with E-state index in [-0.39, 0.29) is 57.2 Å². The molecule has 0 saturated carbocycles. The molecule has 0 heterocycles. The zero-order valence-electron chi connectivity index (χ0n) is 2.01. The number of rotatable bonds is 0. The van der Waals surface area contributed by atoms with Crippen LogP contribution in [-0.4, -0.2) is 53.3 Å². The van der Waals surface area contributed by atoms with Gasteiger partial charge in [-0.3, -0.25) is 0 Å². The first-order chi connectivity index (χ1) is 1.41. The smallest absolute Gasteiger partial charge is 0 e. The predicted molar refractivity (Wildman–Crippen MR) is 24.0 cm³/mol. The molecular weight excluding hydrogens is 271 g/mol. The van der Waals surface area contributed by atoms with E-state index < -0.39 is 0 Å². The second-order valence-electron chi connectivity index (χ2n) is 0.0791. The van der Waals surface area contributed by atoms with E-state index in [9.17, 15) is 0 Å². The molecule has 0 amide bonds. The van der Waals surface area contributed by atoms with Crippen LogP contribution in [0.3, 0.4) is 0 Å². The molecule has 0 N–H and O–H groups in total. The van der Waals surface area contributed by atoms with Gasteiger partial charge in [-0.25, -0.2) is 0 Å². The first kappa shape index (κ1) is 15.8. The predicted octanol–water partition coefficient (Wildman–Crippen LogP) is -0.976. The molecule has 0 aliphatic heterocycles. The van der Waals surface area contributed by atoms with Crippen molar-refractivity contribution in [2.75, 3.05) is 0 Å². The summed E-state index contributed by atoms with van der Waals surface area (Å²) in [5.41, 5.74) is 0. The van der Waals surface area contributed by atoms with Crippen molar-refractivity contribution in [3.05, 3.63) is 0 Å². The van der Waals surface area contributed by atoms with Gasteiger partial charge in [0.15, 0.2) is 0 Å². The molecule has 0 aliphatic rings. The average molecular weight is 275 g/mol. The SMILES string of the molecule is [CaH2].[Fe][PH][SeH].[Zn]. The summed E-state index contributed by atoms with van der Waals surface area (Å²) in [6, 6.07) is 0. The standard InChI is InChI=1S/Ca.Fe.H2PSe.Zn.2H/c;;1-2;;;/h;;1-2H;;;/q;+1;-1;;;. The van der Waals surface area contributed by atoms with Gasteiger partial charge < -0.3 is 0 Å². The van der Waals surface area contributed by atoms with E-state index in [0.717, 1.165) is 5.96 Å². The zero-order valence-corrected chi connectivity index (χ0v) is 8.96. The summed E-state index contributed by atoms with van der Waals surface area (Å²) in [5.74, 6) is 0.771. The van der Waals surface area contributed by atoms with E-state index in [1.807, 2.05) is 0 Å². The molecule has 27 valence electrons. The fourth-order valence-corrected chi connectivity index (χ4v) is 0. The fourth-order valence-electron chi connectivity index (χ4n) is 0. The monoisotopic (exact) mass is 275 g/mol. The van der Waals surface area contributed by atoms with Crippen molar-refractivity contribution in [2.45, 2.75) is 0 Å². The summed E-state index contributed by atoms with van der Waals surface area (Å²) >= 11 is 5.87. The van der Waals surface area contributed by atoms with Crippen LogP contribution in [0.4, 0.5) is 0 Å². The molecule has 0 fully saturated rings. The maximum atomic E-state index is 3.49. The van der Waals surface area contributed by atoms with Crippen molar-refractivity contribution < 1.29 is 35.0 Å². The van der Waals surface area contributed by atoms with Crippen molar-refractivity contribution in [1.29, 1.82) is 0 Å². The van der Waals surface area contributed by atoms with Crippen LogP contribution < -0.4 is 0 Å². The van der Waals surface area contributed by atoms with E-state index in [1.54, 1.807) is 0 Å². The molecule has 0 saturated heterocycles. The molecule has 5 heavy (non-hydrogen) atoms. The molecular formula is H4CaFePSeZn. The maximum absolute atomic E-state index is 3.49. The Bertz CT molecular complexity index is 11.6. The second kappa shape index (κ2) is 15.7. The van der Waals surface area contributed by atoms with Crippen LogP contribution in [0.1, 0.15) is 0 Å². The molecule has 0 nitrogen and oxygen atoms in total. The Morgan fingerprint density at radius 2 is 1.60 bits per heavy atom. The molecule has 5 heteroatoms. The maximum Gasteiger partial charge on any atom is 0 e. The van der Waals surface area contributed by atoms with Crippen molar-refractivity contribution in [1.82, 2.24) is 0 Å². The van der Waals surface area contributed by atoms with Crippen LogP contribution in [-0.2, 0) is 35.0 Å². The van der Waals surface area contributed by atoms with Gasteiger partial charge in [0.25, 0.3) is 0 Å². The molecule has 0 aliphatic carbocycles. The van der Waals surface area contributed by atoms with E-state index in [2.05, 4.69) is 31.1 Å². The van der Waals surface area contributed by atoms with Gasteiger partial charge in [-0.15, -0.1) is 0 Å². The van der Waals surface area contributed by atoms with Crippen molar-refractivity contribution in [3.8, 4) is 0 Å². The third kappa shape index (κ3) is 18.7. The Morgan fingerprint density at radius 1 is 1.60 bits per heavy atom. The summed E-state index contributed by atoms with van der Waals surface area (Å²) in [6.45, 7) is 0. The second-order valence-corrected chi connectivity index (χ2v) is 5.08. The topological polar surface area (TPSA) is 0 Å². The molecule has 1 unspecified atom stereocenters. The Hall–Kier alpha value is 3.35. The molecule has 0 bridgehead atoms. The van der Waals surface area contributed by atoms with Crippen LogP contribution in [0.5, 0.6) is 0 Å². The molecule has 1 atom stereocenters. The zero-order chi connectivity index (χ0) is 2.71. The van der Waals surface area contributed by atoms with E-state index in [4.69, 9.17) is 0 Å². The molecule has 0 radical (unpaired) electrons. The minimum atomic E-state index is 0. The van der Waals surface area contributed by atoms with Crippen molar-refractivity contribution in [2.24, 2.45) is 0 Å². The van der Waals surface area contributed by atoms with Gasteiger partial charge in [0.05, 0.1) is 0 Å². The van der Waals surface area contributed by atoms with Crippen LogP contribution in [0, 0.1) is 0 Å². The van der Waals surface area contributed by atoms with Gasteiger partial charge >= 0.3 is 74.8 Å². The normalized spacial score (nSPS) is 6.00. The van der Waals surface area contributed by atoms with Gasteiger partial charge in [0, 0.05) is 19.5 Å². The molecule has 0 aromatic carbocycles. The molecule has 0 aromatic rings. The minimum Gasteiger partial charge on any atom is 0 e. The number of hydrogen-bond acceptors (Lipinski definition) is 0. The Morgan fingerprint density at radius 3 is 1.60 bits per heavy atom. The fraction of sp³-hybridized carbons (Fsp3) is 0. The van der Waals surface area contributed by atoms with Crippen molar-refractivity contribution in [3.63, 3.8) is 0 Å². The van der Waals surface area contributed by atoms with E-state index in [0.29, 0.717) is 0 Å². The molecule has 0 rings (SSSR count). The Kier molecular flexibility index (Phi) is 49.4. The average Bonchev–Trinajstić information content (AvgIpc) is 0.918. The van der Waals surface area contributed by atoms with Gasteiger partial charge in [-0.05, 0) is 0 Å². The third-order valence-electron chi connectivity index (χ3n) is 0. The minimum absolute atomic E-state index is 0. The summed E-state index contributed by atoms with van der Waals surface area (Å²) in [4.78, 5) is 0. The largest absolute Gasteiger partial charge is 0 e. The van der Waals surface area contributed by atoms with E-state index >= 15 is 0 Å². The third-order valence-corrected chi connectivity index (χ3v) is 0. The quantitative estimate of drug-likeness (QED) is 0.394. The summed E-state index contributed by atoms with van der Waals surface area (Å²) in [5, 5.41) is 0. The number of hydrogen-bond donors (Lipinski definition) is 0. The first-order valence-corrected chi connectivity index (χ1v) is 5.67. The molecule has 0 spiro atoms. The first-order valence-electron chi connectivity index (χ1n) is 0.400. The Labute approximate surface area is 92.4 Å². The van der Waals surface area contributed by atoms with Crippen molar-refractivity contribution >= 4 is 59.3 Å². The Balaban J connectivity index is -0.0000000200. The van der Waals surface area contributed by atoms with Gasteiger partial charge in [-0.1, -0.05) is 0 Å².